The fraction of sp³-hybridized carbons (Fsp3) is 0.529. The molecule has 1 aromatic heterocycles. The van der Waals surface area contributed by atoms with Crippen LogP contribution in [0.4, 0.5) is 0 Å². The van der Waals surface area contributed by atoms with Crippen LogP contribution in [0.3, 0.4) is 0 Å². The number of hydrogen-bond acceptors (Lipinski definition) is 4. The third-order valence-electron chi connectivity index (χ3n) is 4.54. The first-order chi connectivity index (χ1) is 10.8. The summed E-state index contributed by atoms with van der Waals surface area (Å²) >= 11 is 8.39. The van der Waals surface area contributed by atoms with Crippen LogP contribution in [-0.4, -0.2) is 37.5 Å². The first-order valence-electron chi connectivity index (χ1n) is 7.93. The van der Waals surface area contributed by atoms with Crippen LogP contribution in [0.1, 0.15) is 17.7 Å². The lowest BCUT2D eigenvalue weighted by Gasteiger charge is -2.34. The molecular formula is C17H20ClNO2S. The number of fused-ring (bicyclic) bond motifs is 1. The first-order valence-corrected chi connectivity index (χ1v) is 9.12. The largest absolute Gasteiger partial charge is 0.350 e. The molecule has 5 heteroatoms. The van der Waals surface area contributed by atoms with E-state index in [9.17, 15) is 0 Å². The molecule has 3 nitrogen and oxygen atoms in total. The van der Waals surface area contributed by atoms with E-state index < -0.39 is 0 Å². The Kier molecular flexibility index (Phi) is 4.38. The summed E-state index contributed by atoms with van der Waals surface area (Å²) in [5, 5.41) is 2.11. The molecule has 0 amide bonds. The summed E-state index contributed by atoms with van der Waals surface area (Å²) in [5.41, 5.74) is 0. The zero-order chi connectivity index (χ0) is 14.9. The minimum atomic E-state index is 0.000630. The van der Waals surface area contributed by atoms with Crippen LogP contribution in [0.2, 0.25) is 5.02 Å². The van der Waals surface area contributed by atoms with Gasteiger partial charge in [-0.3, -0.25) is 4.90 Å². The van der Waals surface area contributed by atoms with Crippen molar-refractivity contribution in [1.82, 2.24) is 4.90 Å². The highest BCUT2D eigenvalue weighted by Gasteiger charge is 2.31. The maximum atomic E-state index is 6.57. The van der Waals surface area contributed by atoms with Crippen molar-refractivity contribution < 1.29 is 9.47 Å². The van der Waals surface area contributed by atoms with Crippen molar-refractivity contribution in [1.29, 1.82) is 0 Å². The molecule has 4 rings (SSSR count). The third-order valence-corrected chi connectivity index (χ3v) is 6.24. The van der Waals surface area contributed by atoms with Gasteiger partial charge in [0.1, 0.15) is 0 Å². The number of thiophene rings is 1. The van der Waals surface area contributed by atoms with E-state index in [2.05, 4.69) is 29.2 Å². The molecular weight excluding hydrogens is 318 g/mol. The van der Waals surface area contributed by atoms with E-state index in [0.29, 0.717) is 5.92 Å². The van der Waals surface area contributed by atoms with Crippen molar-refractivity contribution in [2.24, 2.45) is 5.92 Å². The predicted octanol–water partition coefficient (Wildman–Crippen LogP) is 4.14. The van der Waals surface area contributed by atoms with E-state index in [-0.39, 0.29) is 6.29 Å². The van der Waals surface area contributed by atoms with E-state index in [4.69, 9.17) is 21.1 Å². The molecule has 22 heavy (non-hydrogen) atoms. The van der Waals surface area contributed by atoms with Crippen LogP contribution in [0, 0.1) is 5.92 Å². The maximum absolute atomic E-state index is 6.57. The fourth-order valence-corrected chi connectivity index (χ4v) is 5.01. The van der Waals surface area contributed by atoms with Crippen LogP contribution >= 0.6 is 22.9 Å². The van der Waals surface area contributed by atoms with Crippen molar-refractivity contribution in [2.45, 2.75) is 25.7 Å². The molecule has 118 valence electrons. The number of hydrogen-bond donors (Lipinski definition) is 0. The number of ether oxygens (including phenoxy) is 2. The fourth-order valence-electron chi connectivity index (χ4n) is 3.48. The average Bonchev–Trinajstić information content (AvgIpc) is 3.18. The molecule has 0 N–H and O–H groups in total. The second-order valence-corrected chi connectivity index (χ2v) is 7.60. The number of piperidine rings is 1. The van der Waals surface area contributed by atoms with Gasteiger partial charge in [0.2, 0.25) is 0 Å². The summed E-state index contributed by atoms with van der Waals surface area (Å²) < 4.78 is 12.7. The van der Waals surface area contributed by atoms with Crippen molar-refractivity contribution in [3.8, 4) is 0 Å². The van der Waals surface area contributed by atoms with E-state index in [0.717, 1.165) is 37.9 Å². The third kappa shape index (κ3) is 2.91. The Balaban J connectivity index is 1.48. The smallest absolute Gasteiger partial charge is 0.161 e. The van der Waals surface area contributed by atoms with E-state index in [1.807, 2.05) is 11.3 Å². The summed E-state index contributed by atoms with van der Waals surface area (Å²) in [6.07, 6.45) is 2.40. The van der Waals surface area contributed by atoms with Crippen LogP contribution in [0.25, 0.3) is 10.1 Å². The summed E-state index contributed by atoms with van der Waals surface area (Å²) in [4.78, 5) is 3.77. The maximum Gasteiger partial charge on any atom is 0.161 e. The highest BCUT2D eigenvalue weighted by atomic mass is 35.5. The lowest BCUT2D eigenvalue weighted by Crippen LogP contribution is -2.40. The lowest BCUT2D eigenvalue weighted by atomic mass is 9.97. The lowest BCUT2D eigenvalue weighted by molar-refractivity contribution is -0.101. The number of rotatable bonds is 3. The topological polar surface area (TPSA) is 21.7 Å². The van der Waals surface area contributed by atoms with E-state index in [1.54, 1.807) is 0 Å². The minimum absolute atomic E-state index is 0.000630. The Morgan fingerprint density at radius 3 is 2.86 bits per heavy atom. The first kappa shape index (κ1) is 14.9. The van der Waals surface area contributed by atoms with Gasteiger partial charge >= 0.3 is 0 Å². The molecule has 0 saturated carbocycles. The van der Waals surface area contributed by atoms with Gasteiger partial charge in [0, 0.05) is 34.0 Å². The van der Waals surface area contributed by atoms with Gasteiger partial charge in [-0.05, 0) is 25.5 Å². The van der Waals surface area contributed by atoms with Crippen molar-refractivity contribution in [2.75, 3.05) is 26.3 Å². The summed E-state index contributed by atoms with van der Waals surface area (Å²) in [7, 11) is 0. The molecule has 2 aromatic rings. The zero-order valence-corrected chi connectivity index (χ0v) is 14.0. The van der Waals surface area contributed by atoms with Gasteiger partial charge in [-0.25, -0.2) is 0 Å². The van der Waals surface area contributed by atoms with E-state index in [1.165, 1.54) is 27.8 Å². The molecule has 2 fully saturated rings. The molecule has 3 heterocycles. The number of likely N-dealkylation sites (tertiary alicyclic amines) is 1. The standard InChI is InChI=1S/C17H20ClNO2S/c18-16-13-5-1-2-6-14(13)22-15(16)11-19-7-3-4-12(10-19)17-20-8-9-21-17/h1-2,5-6,12,17H,3-4,7-11H2. The van der Waals surface area contributed by atoms with Gasteiger partial charge in [-0.2, -0.15) is 0 Å². The van der Waals surface area contributed by atoms with Gasteiger partial charge in [0.15, 0.2) is 6.29 Å². The Labute approximate surface area is 139 Å². The summed E-state index contributed by atoms with van der Waals surface area (Å²) in [5.74, 6) is 0.490. The van der Waals surface area contributed by atoms with Gasteiger partial charge < -0.3 is 9.47 Å². The Morgan fingerprint density at radius 1 is 1.23 bits per heavy atom. The summed E-state index contributed by atoms with van der Waals surface area (Å²) in [6.45, 7) is 4.58. The zero-order valence-electron chi connectivity index (χ0n) is 12.5. The van der Waals surface area contributed by atoms with Crippen molar-refractivity contribution >= 4 is 33.0 Å². The number of halogens is 1. The highest BCUT2D eigenvalue weighted by molar-refractivity contribution is 7.19. The molecule has 0 radical (unpaired) electrons. The quantitative estimate of drug-likeness (QED) is 0.840. The monoisotopic (exact) mass is 337 g/mol. The van der Waals surface area contributed by atoms with Crippen molar-refractivity contribution in [3.05, 3.63) is 34.2 Å². The number of benzene rings is 1. The SMILES string of the molecule is Clc1c(CN2CCCC(C3OCCO3)C2)sc2ccccc12. The Hall–Kier alpha value is -0.650. The highest BCUT2D eigenvalue weighted by Crippen LogP contribution is 2.36. The summed E-state index contributed by atoms with van der Waals surface area (Å²) in [6, 6.07) is 8.38. The Morgan fingerprint density at radius 2 is 2.05 bits per heavy atom. The predicted molar refractivity (Wildman–Crippen MR) is 90.5 cm³/mol. The normalized spacial score (nSPS) is 24.3. The molecule has 2 aliphatic rings. The second kappa shape index (κ2) is 6.46. The molecule has 0 spiro atoms. The van der Waals surface area contributed by atoms with Crippen LogP contribution in [-0.2, 0) is 16.0 Å². The molecule has 1 atom stereocenters. The molecule has 2 saturated heterocycles. The molecule has 1 unspecified atom stereocenters. The molecule has 0 aliphatic carbocycles. The van der Waals surface area contributed by atoms with Gasteiger partial charge in [-0.15, -0.1) is 11.3 Å². The van der Waals surface area contributed by atoms with Crippen LogP contribution in [0.5, 0.6) is 0 Å². The Bertz CT molecular complexity index is 653. The van der Waals surface area contributed by atoms with Crippen molar-refractivity contribution in [3.63, 3.8) is 0 Å². The minimum Gasteiger partial charge on any atom is -0.350 e. The number of nitrogens with zero attached hydrogens (tertiary/aromatic N) is 1. The molecule has 1 aromatic carbocycles. The van der Waals surface area contributed by atoms with Crippen LogP contribution < -0.4 is 0 Å². The van der Waals surface area contributed by atoms with Gasteiger partial charge in [0.25, 0.3) is 0 Å². The van der Waals surface area contributed by atoms with Gasteiger partial charge in [0.05, 0.1) is 18.2 Å². The molecule has 2 aliphatic heterocycles. The molecule has 0 bridgehead atoms. The average molecular weight is 338 g/mol. The second-order valence-electron chi connectivity index (χ2n) is 6.08. The van der Waals surface area contributed by atoms with E-state index >= 15 is 0 Å². The van der Waals surface area contributed by atoms with Crippen LogP contribution in [0.15, 0.2) is 24.3 Å². The van der Waals surface area contributed by atoms with Gasteiger partial charge in [-0.1, -0.05) is 29.8 Å².